The third-order valence-corrected chi connectivity index (χ3v) is 3.34. The summed E-state index contributed by atoms with van der Waals surface area (Å²) >= 11 is 0. The molecule has 1 aliphatic heterocycles. The molecular formula is C12H18N4O2. The molecule has 1 aromatic rings. The van der Waals surface area contributed by atoms with Crippen LogP contribution in [0.2, 0.25) is 0 Å². The number of aryl methyl sites for hydroxylation is 1. The highest BCUT2D eigenvalue weighted by molar-refractivity contribution is 5.88. The minimum Gasteiger partial charge on any atom is -0.335 e. The van der Waals surface area contributed by atoms with E-state index in [-0.39, 0.29) is 11.8 Å². The monoisotopic (exact) mass is 250 g/mol. The molecular weight excluding hydrogens is 232 g/mol. The van der Waals surface area contributed by atoms with Crippen LogP contribution >= 0.6 is 0 Å². The average Bonchev–Trinajstić information content (AvgIpc) is 2.86. The van der Waals surface area contributed by atoms with Crippen LogP contribution in [0.15, 0.2) is 12.5 Å². The van der Waals surface area contributed by atoms with Crippen LogP contribution in [0.4, 0.5) is 0 Å². The van der Waals surface area contributed by atoms with Crippen molar-refractivity contribution in [2.45, 2.75) is 25.8 Å². The van der Waals surface area contributed by atoms with E-state index in [9.17, 15) is 9.59 Å². The molecule has 6 nitrogen and oxygen atoms in total. The predicted molar refractivity (Wildman–Crippen MR) is 65.5 cm³/mol. The molecule has 98 valence electrons. The number of amides is 2. The van der Waals surface area contributed by atoms with Crippen LogP contribution in [0.25, 0.3) is 0 Å². The molecule has 6 heteroatoms. The molecule has 2 rings (SSSR count). The van der Waals surface area contributed by atoms with Crippen molar-refractivity contribution in [3.05, 3.63) is 18.2 Å². The molecule has 18 heavy (non-hydrogen) atoms. The Balaban J connectivity index is 1.99. The van der Waals surface area contributed by atoms with Gasteiger partial charge in [0.25, 0.3) is 0 Å². The Morgan fingerprint density at radius 1 is 1.67 bits per heavy atom. The maximum atomic E-state index is 12.2. The van der Waals surface area contributed by atoms with Crippen molar-refractivity contribution >= 4 is 12.3 Å². The first-order valence-electron chi connectivity index (χ1n) is 6.21. The minimum atomic E-state index is -0.114. The summed E-state index contributed by atoms with van der Waals surface area (Å²) in [5.41, 5.74) is 6.45. The molecule has 0 spiro atoms. The average molecular weight is 250 g/mol. The molecule has 0 fully saturated rings. The molecule has 1 unspecified atom stereocenters. The van der Waals surface area contributed by atoms with Gasteiger partial charge in [-0.1, -0.05) is 0 Å². The summed E-state index contributed by atoms with van der Waals surface area (Å²) in [7, 11) is 0. The number of aromatic nitrogens is 2. The molecule has 0 saturated carbocycles. The van der Waals surface area contributed by atoms with Gasteiger partial charge in [-0.25, -0.2) is 4.98 Å². The molecule has 2 N–H and O–H groups in total. The van der Waals surface area contributed by atoms with E-state index < -0.39 is 0 Å². The highest BCUT2D eigenvalue weighted by Crippen LogP contribution is 2.21. The fourth-order valence-corrected chi connectivity index (χ4v) is 2.29. The number of hydrogen-bond acceptors (Lipinski definition) is 4. The summed E-state index contributed by atoms with van der Waals surface area (Å²) < 4.78 is 2.05. The van der Waals surface area contributed by atoms with Crippen LogP contribution < -0.4 is 5.73 Å². The Hall–Kier alpha value is -1.69. The van der Waals surface area contributed by atoms with Gasteiger partial charge in [0.05, 0.1) is 6.33 Å². The van der Waals surface area contributed by atoms with Gasteiger partial charge in [0.15, 0.2) is 0 Å². The second-order valence-electron chi connectivity index (χ2n) is 4.55. The van der Waals surface area contributed by atoms with Crippen molar-refractivity contribution in [3.8, 4) is 0 Å². The van der Waals surface area contributed by atoms with Crippen molar-refractivity contribution in [2.24, 2.45) is 11.7 Å². The van der Waals surface area contributed by atoms with Crippen LogP contribution in [0.5, 0.6) is 0 Å². The largest absolute Gasteiger partial charge is 0.335 e. The van der Waals surface area contributed by atoms with Crippen LogP contribution in [0, 0.1) is 5.92 Å². The molecule has 1 aromatic heterocycles. The van der Waals surface area contributed by atoms with Gasteiger partial charge in [-0.2, -0.15) is 0 Å². The number of imidazole rings is 1. The van der Waals surface area contributed by atoms with Gasteiger partial charge in [0.1, 0.15) is 0 Å². The van der Waals surface area contributed by atoms with Crippen LogP contribution in [0.3, 0.4) is 0 Å². The van der Waals surface area contributed by atoms with Gasteiger partial charge in [-0.05, 0) is 19.4 Å². The SMILES string of the molecule is NCCCN(C=O)C(=O)C1CCn2cncc2C1. The van der Waals surface area contributed by atoms with E-state index in [1.54, 1.807) is 12.5 Å². The number of imide groups is 1. The molecule has 0 aromatic carbocycles. The number of hydrogen-bond donors (Lipinski definition) is 1. The third-order valence-electron chi connectivity index (χ3n) is 3.34. The summed E-state index contributed by atoms with van der Waals surface area (Å²) in [6.45, 7) is 1.68. The van der Waals surface area contributed by atoms with Crippen molar-refractivity contribution in [1.82, 2.24) is 14.5 Å². The van der Waals surface area contributed by atoms with Crippen LogP contribution in [-0.2, 0) is 22.6 Å². The van der Waals surface area contributed by atoms with E-state index in [0.717, 1.165) is 18.7 Å². The van der Waals surface area contributed by atoms with E-state index in [0.29, 0.717) is 32.3 Å². The lowest BCUT2D eigenvalue weighted by Crippen LogP contribution is -2.39. The number of carbonyl (C=O) groups excluding carboxylic acids is 2. The second-order valence-corrected chi connectivity index (χ2v) is 4.55. The summed E-state index contributed by atoms with van der Waals surface area (Å²) in [5, 5.41) is 0. The van der Waals surface area contributed by atoms with Crippen molar-refractivity contribution in [3.63, 3.8) is 0 Å². The smallest absolute Gasteiger partial charge is 0.232 e. The normalized spacial score (nSPS) is 18.2. The first kappa shape index (κ1) is 12.8. The van der Waals surface area contributed by atoms with Gasteiger partial charge in [-0.3, -0.25) is 14.5 Å². The van der Waals surface area contributed by atoms with Gasteiger partial charge in [-0.15, -0.1) is 0 Å². The highest BCUT2D eigenvalue weighted by Gasteiger charge is 2.28. The molecule has 1 atom stereocenters. The number of nitrogens with zero attached hydrogens (tertiary/aromatic N) is 3. The first-order valence-corrected chi connectivity index (χ1v) is 6.21. The number of rotatable bonds is 5. The van der Waals surface area contributed by atoms with E-state index in [4.69, 9.17) is 5.73 Å². The Morgan fingerprint density at radius 3 is 3.22 bits per heavy atom. The summed E-state index contributed by atoms with van der Waals surface area (Å²) in [6.07, 6.45) is 6.24. The minimum absolute atomic E-state index is 0.0918. The molecule has 0 aliphatic carbocycles. The predicted octanol–water partition coefficient (Wildman–Crippen LogP) is -0.221. The number of fused-ring (bicyclic) bond motifs is 1. The Kier molecular flexibility index (Phi) is 4.09. The Labute approximate surface area is 106 Å². The number of carbonyl (C=O) groups is 2. The molecule has 1 aliphatic rings. The first-order chi connectivity index (χ1) is 8.76. The van der Waals surface area contributed by atoms with E-state index >= 15 is 0 Å². The zero-order valence-electron chi connectivity index (χ0n) is 10.3. The van der Waals surface area contributed by atoms with Gasteiger partial charge >= 0.3 is 0 Å². The Morgan fingerprint density at radius 2 is 2.50 bits per heavy atom. The van der Waals surface area contributed by atoms with Gasteiger partial charge in [0.2, 0.25) is 12.3 Å². The van der Waals surface area contributed by atoms with Gasteiger partial charge in [0, 0.05) is 37.3 Å². The second kappa shape index (κ2) is 5.77. The van der Waals surface area contributed by atoms with Crippen molar-refractivity contribution in [2.75, 3.05) is 13.1 Å². The lowest BCUT2D eigenvalue weighted by Gasteiger charge is -2.26. The standard InChI is InChI=1S/C12H18N4O2/c13-3-1-4-16(9-17)12(18)10-2-5-15-8-14-7-11(15)6-10/h7-10H,1-6,13H2. The third kappa shape index (κ3) is 2.59. The quantitative estimate of drug-likeness (QED) is 0.732. The lowest BCUT2D eigenvalue weighted by molar-refractivity contribution is -0.141. The summed E-state index contributed by atoms with van der Waals surface area (Å²) in [4.78, 5) is 28.4. The fraction of sp³-hybridized carbons (Fsp3) is 0.583. The number of nitrogens with two attached hydrogens (primary N) is 1. The molecule has 0 radical (unpaired) electrons. The van der Waals surface area contributed by atoms with E-state index in [1.807, 2.05) is 0 Å². The fourth-order valence-electron chi connectivity index (χ4n) is 2.29. The molecule has 0 bridgehead atoms. The molecule has 2 amide bonds. The summed E-state index contributed by atoms with van der Waals surface area (Å²) in [5.74, 6) is -0.205. The van der Waals surface area contributed by atoms with Crippen molar-refractivity contribution < 1.29 is 9.59 Å². The molecule has 0 saturated heterocycles. The summed E-state index contributed by atoms with van der Waals surface area (Å²) in [6, 6.07) is 0. The van der Waals surface area contributed by atoms with Crippen LogP contribution in [-0.4, -0.2) is 39.9 Å². The zero-order valence-corrected chi connectivity index (χ0v) is 10.3. The topological polar surface area (TPSA) is 81.2 Å². The maximum Gasteiger partial charge on any atom is 0.232 e. The van der Waals surface area contributed by atoms with Crippen LogP contribution in [0.1, 0.15) is 18.5 Å². The lowest BCUT2D eigenvalue weighted by atomic mass is 9.95. The zero-order chi connectivity index (χ0) is 13.0. The Bertz CT molecular complexity index is 429. The maximum absolute atomic E-state index is 12.2. The van der Waals surface area contributed by atoms with E-state index in [1.165, 1.54) is 4.90 Å². The van der Waals surface area contributed by atoms with Gasteiger partial charge < -0.3 is 10.3 Å². The van der Waals surface area contributed by atoms with E-state index in [2.05, 4.69) is 9.55 Å². The highest BCUT2D eigenvalue weighted by atomic mass is 16.2. The molecule has 2 heterocycles. The van der Waals surface area contributed by atoms with Crippen molar-refractivity contribution in [1.29, 1.82) is 0 Å².